The summed E-state index contributed by atoms with van der Waals surface area (Å²) >= 11 is 0. The number of benzene rings is 2. The molecule has 2 aliphatic rings. The van der Waals surface area contributed by atoms with Crippen molar-refractivity contribution in [1.82, 2.24) is 4.31 Å². The normalized spacial score (nSPS) is 23.0. The van der Waals surface area contributed by atoms with Gasteiger partial charge in [-0.15, -0.1) is 0 Å². The summed E-state index contributed by atoms with van der Waals surface area (Å²) in [5.74, 6) is -0.368. The molecular formula is C20H21NO4S. The van der Waals surface area contributed by atoms with E-state index in [1.807, 2.05) is 31.2 Å². The smallest absolute Gasteiger partial charge is 0.339 e. The van der Waals surface area contributed by atoms with Crippen LogP contribution >= 0.6 is 0 Å². The standard InChI is InChI=1S/C20H21NO4S/c1-2-15-8-10-16(11-9-15)26(23,24)21-13-5-12-20(14-21)18-7-4-3-6-17(18)19(22)25-20/h3-4,6-11H,2,5,12-14H2,1H3. The van der Waals surface area contributed by atoms with E-state index in [2.05, 4.69) is 0 Å². The molecule has 1 saturated heterocycles. The quantitative estimate of drug-likeness (QED) is 0.778. The molecule has 0 N–H and O–H groups in total. The van der Waals surface area contributed by atoms with Crippen molar-refractivity contribution >= 4 is 16.0 Å². The van der Waals surface area contributed by atoms with Crippen LogP contribution in [0.4, 0.5) is 0 Å². The van der Waals surface area contributed by atoms with E-state index in [9.17, 15) is 13.2 Å². The van der Waals surface area contributed by atoms with Gasteiger partial charge in [0.05, 0.1) is 17.0 Å². The number of hydrogen-bond acceptors (Lipinski definition) is 4. The van der Waals surface area contributed by atoms with E-state index in [4.69, 9.17) is 4.74 Å². The number of hydrogen-bond donors (Lipinski definition) is 0. The minimum Gasteiger partial charge on any atom is -0.449 e. The molecule has 2 aromatic carbocycles. The number of rotatable bonds is 3. The fourth-order valence-electron chi connectivity index (χ4n) is 3.88. The van der Waals surface area contributed by atoms with Crippen LogP contribution in [0.5, 0.6) is 0 Å². The predicted molar refractivity (Wildman–Crippen MR) is 97.3 cm³/mol. The number of fused-ring (bicyclic) bond motifs is 2. The van der Waals surface area contributed by atoms with E-state index in [-0.39, 0.29) is 17.4 Å². The lowest BCUT2D eigenvalue weighted by molar-refractivity contribution is -0.0345. The Bertz CT molecular complexity index is 952. The first-order valence-electron chi connectivity index (χ1n) is 8.88. The number of ether oxygens (including phenoxy) is 1. The van der Waals surface area contributed by atoms with E-state index < -0.39 is 15.6 Å². The van der Waals surface area contributed by atoms with Gasteiger partial charge in [0.2, 0.25) is 10.0 Å². The zero-order chi connectivity index (χ0) is 18.4. The van der Waals surface area contributed by atoms with E-state index in [1.165, 1.54) is 4.31 Å². The lowest BCUT2D eigenvalue weighted by atomic mass is 9.86. The third-order valence-corrected chi connectivity index (χ3v) is 7.17. The monoisotopic (exact) mass is 371 g/mol. The fraction of sp³-hybridized carbons (Fsp3) is 0.350. The molecule has 2 heterocycles. The van der Waals surface area contributed by atoms with Crippen LogP contribution in [0.3, 0.4) is 0 Å². The van der Waals surface area contributed by atoms with Crippen molar-refractivity contribution < 1.29 is 17.9 Å². The maximum atomic E-state index is 13.1. The average Bonchev–Trinajstić information content (AvgIpc) is 2.93. The van der Waals surface area contributed by atoms with Gasteiger partial charge in [-0.1, -0.05) is 37.3 Å². The van der Waals surface area contributed by atoms with Crippen LogP contribution < -0.4 is 0 Å². The second-order valence-electron chi connectivity index (χ2n) is 6.87. The van der Waals surface area contributed by atoms with Gasteiger partial charge in [-0.2, -0.15) is 4.31 Å². The number of carbonyl (C=O) groups is 1. The van der Waals surface area contributed by atoms with Gasteiger partial charge in [0, 0.05) is 12.1 Å². The van der Waals surface area contributed by atoms with Crippen molar-refractivity contribution in [1.29, 1.82) is 0 Å². The fourth-order valence-corrected chi connectivity index (χ4v) is 5.41. The SMILES string of the molecule is CCc1ccc(S(=O)(=O)N2CCCC3(C2)OC(=O)c2ccccc23)cc1. The summed E-state index contributed by atoms with van der Waals surface area (Å²) < 4.78 is 33.4. The Labute approximate surface area is 153 Å². The minimum atomic E-state index is -3.63. The molecule has 1 atom stereocenters. The third kappa shape index (κ3) is 2.64. The van der Waals surface area contributed by atoms with E-state index in [0.717, 1.165) is 17.5 Å². The molecule has 5 nitrogen and oxygen atoms in total. The molecule has 0 aromatic heterocycles. The van der Waals surface area contributed by atoms with Crippen molar-refractivity contribution in [3.05, 3.63) is 65.2 Å². The summed E-state index contributed by atoms with van der Waals surface area (Å²) in [6, 6.07) is 14.3. The first kappa shape index (κ1) is 17.2. The van der Waals surface area contributed by atoms with Crippen molar-refractivity contribution in [2.45, 2.75) is 36.7 Å². The Hall–Kier alpha value is -2.18. The maximum absolute atomic E-state index is 13.1. The van der Waals surface area contributed by atoms with Crippen LogP contribution in [-0.2, 0) is 26.8 Å². The largest absolute Gasteiger partial charge is 0.449 e. The van der Waals surface area contributed by atoms with E-state index in [0.29, 0.717) is 24.9 Å². The Balaban J connectivity index is 1.68. The molecule has 1 spiro atoms. The minimum absolute atomic E-state index is 0.160. The molecule has 1 unspecified atom stereocenters. The van der Waals surface area contributed by atoms with Gasteiger partial charge in [0.1, 0.15) is 0 Å². The van der Waals surface area contributed by atoms with Crippen molar-refractivity contribution in [3.8, 4) is 0 Å². The second-order valence-corrected chi connectivity index (χ2v) is 8.81. The number of piperidine rings is 1. The van der Waals surface area contributed by atoms with Crippen LogP contribution in [0.1, 0.15) is 41.3 Å². The average molecular weight is 371 g/mol. The Morgan fingerprint density at radius 1 is 1.12 bits per heavy atom. The van der Waals surface area contributed by atoms with Crippen LogP contribution in [0.25, 0.3) is 0 Å². The number of carbonyl (C=O) groups excluding carboxylic acids is 1. The highest BCUT2D eigenvalue weighted by molar-refractivity contribution is 7.89. The molecule has 0 aliphatic carbocycles. The summed E-state index contributed by atoms with van der Waals surface area (Å²) in [6.45, 7) is 2.62. The zero-order valence-corrected chi connectivity index (χ0v) is 15.5. The molecule has 1 fully saturated rings. The molecule has 26 heavy (non-hydrogen) atoms. The highest BCUT2D eigenvalue weighted by Gasteiger charge is 2.50. The predicted octanol–water partition coefficient (Wildman–Crippen LogP) is 3.10. The van der Waals surface area contributed by atoms with Gasteiger partial charge in [0.25, 0.3) is 0 Å². The van der Waals surface area contributed by atoms with Crippen LogP contribution in [0, 0.1) is 0 Å². The van der Waals surface area contributed by atoms with E-state index >= 15 is 0 Å². The lowest BCUT2D eigenvalue weighted by Gasteiger charge is -2.38. The van der Waals surface area contributed by atoms with Crippen molar-refractivity contribution in [3.63, 3.8) is 0 Å². The molecule has 0 saturated carbocycles. The van der Waals surface area contributed by atoms with Crippen LogP contribution in [0.15, 0.2) is 53.4 Å². The third-order valence-electron chi connectivity index (χ3n) is 5.32. The molecule has 0 bridgehead atoms. The summed E-state index contributed by atoms with van der Waals surface area (Å²) in [5, 5.41) is 0. The first-order chi connectivity index (χ1) is 12.5. The highest BCUT2D eigenvalue weighted by atomic mass is 32.2. The Morgan fingerprint density at radius 2 is 1.85 bits per heavy atom. The number of esters is 1. The Kier molecular flexibility index (Phi) is 4.12. The molecule has 4 rings (SSSR count). The second kappa shape index (κ2) is 6.21. The molecular weight excluding hydrogens is 350 g/mol. The van der Waals surface area contributed by atoms with Crippen LogP contribution in [-0.4, -0.2) is 31.8 Å². The zero-order valence-electron chi connectivity index (χ0n) is 14.6. The number of nitrogens with zero attached hydrogens (tertiary/aromatic N) is 1. The molecule has 0 amide bonds. The lowest BCUT2D eigenvalue weighted by Crippen LogP contribution is -2.48. The van der Waals surface area contributed by atoms with Gasteiger partial charge in [-0.3, -0.25) is 0 Å². The van der Waals surface area contributed by atoms with Crippen molar-refractivity contribution in [2.75, 3.05) is 13.1 Å². The summed E-state index contributed by atoms with van der Waals surface area (Å²) in [7, 11) is -3.63. The van der Waals surface area contributed by atoms with Gasteiger partial charge in [-0.25, -0.2) is 13.2 Å². The maximum Gasteiger partial charge on any atom is 0.339 e. The van der Waals surface area contributed by atoms with Crippen molar-refractivity contribution in [2.24, 2.45) is 0 Å². The number of aryl methyl sites for hydroxylation is 1. The topological polar surface area (TPSA) is 63.7 Å². The summed E-state index contributed by atoms with van der Waals surface area (Å²) in [4.78, 5) is 12.5. The molecule has 136 valence electrons. The Morgan fingerprint density at radius 3 is 2.58 bits per heavy atom. The van der Waals surface area contributed by atoms with Crippen LogP contribution in [0.2, 0.25) is 0 Å². The van der Waals surface area contributed by atoms with Gasteiger partial charge in [0.15, 0.2) is 5.60 Å². The van der Waals surface area contributed by atoms with E-state index in [1.54, 1.807) is 24.3 Å². The summed E-state index contributed by atoms with van der Waals surface area (Å²) in [5.41, 5.74) is 1.56. The van der Waals surface area contributed by atoms with Gasteiger partial charge < -0.3 is 4.74 Å². The summed E-state index contributed by atoms with van der Waals surface area (Å²) in [6.07, 6.45) is 2.14. The highest BCUT2D eigenvalue weighted by Crippen LogP contribution is 2.43. The molecule has 2 aromatic rings. The molecule has 2 aliphatic heterocycles. The first-order valence-corrected chi connectivity index (χ1v) is 10.3. The van der Waals surface area contributed by atoms with Gasteiger partial charge in [-0.05, 0) is 43.0 Å². The number of sulfonamides is 1. The molecule has 0 radical (unpaired) electrons. The van der Waals surface area contributed by atoms with Gasteiger partial charge >= 0.3 is 5.97 Å². The molecule has 6 heteroatoms.